The monoisotopic (exact) mass is 628 g/mol. The van der Waals surface area contributed by atoms with Gasteiger partial charge >= 0.3 is 12.1 Å². The number of rotatable bonds is 4. The molecule has 4 rings (SSSR count). The number of anilines is 4. The van der Waals surface area contributed by atoms with Crippen molar-refractivity contribution in [3.63, 3.8) is 0 Å². The van der Waals surface area contributed by atoms with Gasteiger partial charge < -0.3 is 21.3 Å². The summed E-state index contributed by atoms with van der Waals surface area (Å²) in [5.74, 6) is 0. The molecule has 38 heavy (non-hydrogen) atoms. The molecule has 0 aliphatic heterocycles. The highest BCUT2D eigenvalue weighted by Crippen LogP contribution is 2.27. The van der Waals surface area contributed by atoms with Crippen molar-refractivity contribution in [1.29, 1.82) is 0 Å². The van der Waals surface area contributed by atoms with Gasteiger partial charge in [0.1, 0.15) is 0 Å². The standard InChI is InChI=1S/C13H8Cl4N2O.C13H10Cl2N2O/c14-9-3-1-7(5-11(9)16)18-13(20)19-8-2-4-10(15)12(17)6-8;14-9-1-5-11(6-2-9)16-13(18)17-12-7-3-10(15)4-8-12/h1-6H,(H2,18,19,20);1-8H,(H2,16,17,18). The van der Waals surface area contributed by atoms with Crippen LogP contribution in [0, 0.1) is 0 Å². The summed E-state index contributed by atoms with van der Waals surface area (Å²) in [6, 6.07) is 22.6. The van der Waals surface area contributed by atoms with Crippen LogP contribution in [0.1, 0.15) is 0 Å². The van der Waals surface area contributed by atoms with Crippen LogP contribution in [0.15, 0.2) is 84.9 Å². The van der Waals surface area contributed by atoms with Crippen molar-refractivity contribution in [3.8, 4) is 0 Å². The molecule has 0 heterocycles. The lowest BCUT2D eigenvalue weighted by Gasteiger charge is -2.09. The lowest BCUT2D eigenvalue weighted by molar-refractivity contribution is 0.261. The minimum absolute atomic E-state index is 0.320. The molecule has 0 saturated carbocycles. The van der Waals surface area contributed by atoms with Crippen LogP contribution >= 0.6 is 69.6 Å². The molecule has 0 saturated heterocycles. The molecule has 0 bridgehead atoms. The van der Waals surface area contributed by atoms with Gasteiger partial charge in [0.15, 0.2) is 0 Å². The van der Waals surface area contributed by atoms with Crippen molar-refractivity contribution >= 4 is 104 Å². The fourth-order valence-corrected chi connectivity index (χ4v) is 3.65. The normalized spacial score (nSPS) is 10.1. The Hall–Kier alpha value is -2.84. The van der Waals surface area contributed by atoms with Crippen molar-refractivity contribution in [1.82, 2.24) is 0 Å². The smallest absolute Gasteiger partial charge is 0.308 e. The Kier molecular flexibility index (Phi) is 11.2. The molecular weight excluding hydrogens is 613 g/mol. The van der Waals surface area contributed by atoms with Gasteiger partial charge in [-0.1, -0.05) is 69.6 Å². The molecule has 0 spiro atoms. The molecule has 0 aliphatic carbocycles. The largest absolute Gasteiger partial charge is 0.323 e. The van der Waals surface area contributed by atoms with E-state index in [-0.39, 0.29) is 6.03 Å². The van der Waals surface area contributed by atoms with Gasteiger partial charge in [0.05, 0.1) is 20.1 Å². The number of urea groups is 2. The SMILES string of the molecule is O=C(Nc1ccc(Cl)c(Cl)c1)Nc1ccc(Cl)c(Cl)c1.O=C(Nc1ccc(Cl)cc1)Nc1ccc(Cl)cc1. The first-order valence-electron chi connectivity index (χ1n) is 10.7. The van der Waals surface area contributed by atoms with Gasteiger partial charge in [-0.25, -0.2) is 9.59 Å². The maximum Gasteiger partial charge on any atom is 0.323 e. The Bertz CT molecular complexity index is 1310. The highest BCUT2D eigenvalue weighted by atomic mass is 35.5. The van der Waals surface area contributed by atoms with Crippen molar-refractivity contribution in [3.05, 3.63) is 115 Å². The van der Waals surface area contributed by atoms with E-state index in [0.717, 1.165) is 0 Å². The number of benzene rings is 4. The maximum atomic E-state index is 11.8. The van der Waals surface area contributed by atoms with E-state index >= 15 is 0 Å². The average molecular weight is 631 g/mol. The fourth-order valence-electron chi connectivity index (χ4n) is 2.80. The van der Waals surface area contributed by atoms with Crippen LogP contribution < -0.4 is 21.3 Å². The number of hydrogen-bond donors (Lipinski definition) is 4. The Morgan fingerprint density at radius 2 is 0.684 bits per heavy atom. The van der Waals surface area contributed by atoms with Gasteiger partial charge in [0, 0.05) is 32.8 Å². The molecule has 4 aromatic rings. The first-order chi connectivity index (χ1) is 18.1. The van der Waals surface area contributed by atoms with Crippen molar-refractivity contribution in [2.75, 3.05) is 21.3 Å². The van der Waals surface area contributed by atoms with E-state index < -0.39 is 6.03 Å². The summed E-state index contributed by atoms with van der Waals surface area (Å²) in [6.45, 7) is 0. The van der Waals surface area contributed by atoms with Crippen LogP contribution in [0.4, 0.5) is 32.3 Å². The van der Waals surface area contributed by atoms with Gasteiger partial charge in [-0.3, -0.25) is 0 Å². The van der Waals surface area contributed by atoms with Crippen molar-refractivity contribution < 1.29 is 9.59 Å². The van der Waals surface area contributed by atoms with E-state index in [1.807, 2.05) is 0 Å². The second-order valence-corrected chi connectivity index (χ2v) is 9.93. The minimum atomic E-state index is -0.429. The van der Waals surface area contributed by atoms with E-state index in [9.17, 15) is 9.59 Å². The molecule has 6 nitrogen and oxygen atoms in total. The molecule has 0 aliphatic rings. The first-order valence-corrected chi connectivity index (χ1v) is 12.9. The second-order valence-electron chi connectivity index (χ2n) is 7.43. The molecule has 4 aromatic carbocycles. The van der Waals surface area contributed by atoms with Gasteiger partial charge in [0.2, 0.25) is 0 Å². The highest BCUT2D eigenvalue weighted by molar-refractivity contribution is 6.42. The summed E-state index contributed by atoms with van der Waals surface area (Å²) in [6.07, 6.45) is 0. The van der Waals surface area contributed by atoms with E-state index in [0.29, 0.717) is 52.9 Å². The van der Waals surface area contributed by atoms with Crippen molar-refractivity contribution in [2.45, 2.75) is 0 Å². The van der Waals surface area contributed by atoms with Crippen LogP contribution in [0.3, 0.4) is 0 Å². The molecular formula is C26H18Cl6N4O2. The van der Waals surface area contributed by atoms with Crippen LogP contribution in [0.5, 0.6) is 0 Å². The zero-order chi connectivity index (χ0) is 27.7. The second kappa shape index (κ2) is 14.4. The first kappa shape index (κ1) is 29.7. The van der Waals surface area contributed by atoms with Crippen LogP contribution in [0.25, 0.3) is 0 Å². The molecule has 196 valence electrons. The van der Waals surface area contributed by atoms with Crippen molar-refractivity contribution in [2.24, 2.45) is 0 Å². The molecule has 4 N–H and O–H groups in total. The van der Waals surface area contributed by atoms with Crippen LogP contribution in [-0.2, 0) is 0 Å². The van der Waals surface area contributed by atoms with Gasteiger partial charge in [-0.2, -0.15) is 0 Å². The third-order valence-electron chi connectivity index (χ3n) is 4.56. The Morgan fingerprint density at radius 3 is 1.00 bits per heavy atom. The number of carbonyl (C=O) groups excluding carboxylic acids is 2. The fraction of sp³-hybridized carbons (Fsp3) is 0. The minimum Gasteiger partial charge on any atom is -0.308 e. The zero-order valence-electron chi connectivity index (χ0n) is 19.2. The summed E-state index contributed by atoms with van der Waals surface area (Å²) >= 11 is 34.8. The lowest BCUT2D eigenvalue weighted by Crippen LogP contribution is -2.19. The van der Waals surface area contributed by atoms with Gasteiger partial charge in [-0.15, -0.1) is 0 Å². The van der Waals surface area contributed by atoms with E-state index in [4.69, 9.17) is 69.6 Å². The predicted molar refractivity (Wildman–Crippen MR) is 161 cm³/mol. The molecule has 0 aromatic heterocycles. The summed E-state index contributed by atoms with van der Waals surface area (Å²) in [5, 5.41) is 13.4. The quantitative estimate of drug-likeness (QED) is 0.181. The van der Waals surface area contributed by atoms with Gasteiger partial charge in [-0.05, 0) is 84.9 Å². The van der Waals surface area contributed by atoms with Crippen LogP contribution in [0.2, 0.25) is 30.1 Å². The number of amides is 4. The Balaban J connectivity index is 0.000000212. The van der Waals surface area contributed by atoms with E-state index in [1.54, 1.807) is 84.9 Å². The van der Waals surface area contributed by atoms with E-state index in [2.05, 4.69) is 21.3 Å². The third-order valence-corrected chi connectivity index (χ3v) is 6.54. The highest BCUT2D eigenvalue weighted by Gasteiger charge is 2.06. The summed E-state index contributed by atoms with van der Waals surface area (Å²) in [7, 11) is 0. The number of nitrogens with one attached hydrogen (secondary N) is 4. The summed E-state index contributed by atoms with van der Waals surface area (Å²) < 4.78 is 0. The number of halogens is 6. The molecule has 0 atom stereocenters. The maximum absolute atomic E-state index is 11.8. The molecule has 4 amide bonds. The number of carbonyl (C=O) groups is 2. The molecule has 0 unspecified atom stereocenters. The molecule has 12 heteroatoms. The number of hydrogen-bond acceptors (Lipinski definition) is 2. The summed E-state index contributed by atoms with van der Waals surface area (Å²) in [5.41, 5.74) is 2.39. The van der Waals surface area contributed by atoms with Gasteiger partial charge in [0.25, 0.3) is 0 Å². The lowest BCUT2D eigenvalue weighted by atomic mass is 10.3. The molecule has 0 radical (unpaired) electrons. The topological polar surface area (TPSA) is 82.3 Å². The molecule has 0 fully saturated rings. The zero-order valence-corrected chi connectivity index (χ0v) is 23.7. The average Bonchev–Trinajstić information content (AvgIpc) is 2.87. The Labute approximate surface area is 249 Å². The van der Waals surface area contributed by atoms with E-state index in [1.165, 1.54) is 0 Å². The predicted octanol–water partition coefficient (Wildman–Crippen LogP) is 10.6. The third kappa shape index (κ3) is 9.80. The Morgan fingerprint density at radius 1 is 0.395 bits per heavy atom. The summed E-state index contributed by atoms with van der Waals surface area (Å²) in [4.78, 5) is 23.5. The van der Waals surface area contributed by atoms with Crippen LogP contribution in [-0.4, -0.2) is 12.1 Å².